The highest BCUT2D eigenvalue weighted by Gasteiger charge is 2.23. The zero-order chi connectivity index (χ0) is 33.1. The van der Waals surface area contributed by atoms with Crippen molar-refractivity contribution in [1.82, 2.24) is 0 Å². The van der Waals surface area contributed by atoms with Crippen LogP contribution in [0.25, 0.3) is 66.6 Å². The van der Waals surface area contributed by atoms with E-state index < -0.39 is 13.7 Å². The maximum atomic E-state index is 8.18. The molecule has 0 aliphatic rings. The molecule has 0 bridgehead atoms. The van der Waals surface area contributed by atoms with E-state index in [-0.39, 0.29) is 11.1 Å². The first kappa shape index (κ1) is 19.2. The van der Waals surface area contributed by atoms with Gasteiger partial charge in [-0.25, -0.2) is 4.57 Å². The summed E-state index contributed by atoms with van der Waals surface area (Å²) >= 11 is 0. The molecule has 198 valence electrons. The van der Waals surface area contributed by atoms with Gasteiger partial charge >= 0.3 is 0 Å². The smallest absolute Gasteiger partial charge is 0.216 e. The Morgan fingerprint density at radius 1 is 0.561 bits per heavy atom. The molecule has 5 aromatic carbocycles. The van der Waals surface area contributed by atoms with Crippen LogP contribution in [-0.4, -0.2) is 0 Å². The molecule has 0 saturated carbocycles. The summed E-state index contributed by atoms with van der Waals surface area (Å²) in [7, 11) is 1.74. The summed E-state index contributed by atoms with van der Waals surface area (Å²) in [5, 5.41) is 1.82. The average molecular weight is 537 g/mol. The lowest BCUT2D eigenvalue weighted by Crippen LogP contribution is -2.31. The Morgan fingerprint density at radius 2 is 1.20 bits per heavy atom. The van der Waals surface area contributed by atoms with Crippen LogP contribution in [0.2, 0.25) is 0 Å². The molecule has 0 atom stereocenters. The van der Waals surface area contributed by atoms with Gasteiger partial charge < -0.3 is 4.42 Å². The molecule has 0 radical (unpaired) electrons. The summed E-state index contributed by atoms with van der Waals surface area (Å²) in [6.45, 7) is -3.25. The molecular weight excluding hydrogens is 498 g/mol. The molecule has 2 aromatic heterocycles. The van der Waals surface area contributed by atoms with Gasteiger partial charge in [0.05, 0.1) is 5.56 Å². The third-order valence-corrected chi connectivity index (χ3v) is 7.89. The molecule has 0 N–H and O–H groups in total. The minimum Gasteiger partial charge on any atom is -0.454 e. The number of hydrogen-bond donors (Lipinski definition) is 0. The van der Waals surface area contributed by atoms with Gasteiger partial charge in [-0.05, 0) is 71.7 Å². The summed E-state index contributed by atoms with van der Waals surface area (Å²) in [5.41, 5.74) is 9.42. The van der Waals surface area contributed by atoms with Crippen molar-refractivity contribution in [1.29, 1.82) is 0 Å². The van der Waals surface area contributed by atoms with Gasteiger partial charge in [-0.2, -0.15) is 0 Å². The van der Waals surface area contributed by atoms with Crippen molar-refractivity contribution >= 4 is 21.9 Å². The number of hydrogen-bond acceptors (Lipinski definition) is 1. The lowest BCUT2D eigenvalue weighted by atomic mass is 9.94. The van der Waals surface area contributed by atoms with Crippen molar-refractivity contribution in [3.63, 3.8) is 0 Å². The van der Waals surface area contributed by atoms with Gasteiger partial charge in [0.15, 0.2) is 6.20 Å². The molecule has 0 saturated heterocycles. The molecule has 41 heavy (non-hydrogen) atoms. The second-order valence-electron chi connectivity index (χ2n) is 10.5. The predicted molar refractivity (Wildman–Crippen MR) is 171 cm³/mol. The number of benzene rings is 5. The molecule has 2 heteroatoms. The Hall–Kier alpha value is -4.95. The summed E-state index contributed by atoms with van der Waals surface area (Å²) in [6, 6.07) is 38.8. The van der Waals surface area contributed by atoms with Crippen molar-refractivity contribution in [2.45, 2.75) is 20.6 Å². The molecule has 2 nitrogen and oxygen atoms in total. The third-order valence-electron chi connectivity index (χ3n) is 7.89. The van der Waals surface area contributed by atoms with E-state index in [9.17, 15) is 0 Å². The highest BCUT2D eigenvalue weighted by molar-refractivity contribution is 6.14. The standard InChI is InChI=1S/C39H32NO/c1-25-15-20-33-35-23-32(29-13-9-6-10-14-29)22-34(31-18-16-30(17-19-31)28-11-7-5-8-12-28)38(35)41-39(33)37(25)36-21-26(2)27(3)24-40(36)4/h5-24H,1-4H3/q+1/i2D3,3D3. The van der Waals surface area contributed by atoms with Crippen molar-refractivity contribution < 1.29 is 17.2 Å². The second kappa shape index (κ2) is 9.91. The number of rotatable bonds is 4. The maximum absolute atomic E-state index is 8.18. The van der Waals surface area contributed by atoms with E-state index in [1.807, 2.05) is 55.5 Å². The quantitative estimate of drug-likeness (QED) is 0.205. The molecule has 0 spiro atoms. The van der Waals surface area contributed by atoms with Crippen LogP contribution < -0.4 is 4.57 Å². The zero-order valence-corrected chi connectivity index (χ0v) is 22.9. The predicted octanol–water partition coefficient (Wildman–Crippen LogP) is 10.0. The number of aromatic nitrogens is 1. The summed E-state index contributed by atoms with van der Waals surface area (Å²) < 4.78 is 57.1. The Balaban J connectivity index is 1.50. The van der Waals surface area contributed by atoms with Crippen LogP contribution in [0, 0.1) is 20.6 Å². The van der Waals surface area contributed by atoms with Gasteiger partial charge in [-0.1, -0.05) is 97.1 Å². The number of nitrogens with zero attached hydrogens (tertiary/aromatic N) is 1. The Labute approximate surface area is 249 Å². The van der Waals surface area contributed by atoms with E-state index in [0.29, 0.717) is 11.3 Å². The SMILES string of the molecule is [2H]C([2H])([2H])c1cc(-c2c(C)ccc3c2oc2c(-c4ccc(-c5ccccc5)cc4)cc(-c4ccccc4)cc23)[n+](C)cc1C([2H])([2H])[2H]. The molecule has 0 aliphatic carbocycles. The summed E-state index contributed by atoms with van der Waals surface area (Å²) in [4.78, 5) is 0. The second-order valence-corrected chi connectivity index (χ2v) is 10.5. The fraction of sp³-hybridized carbons (Fsp3) is 0.103. The van der Waals surface area contributed by atoms with Gasteiger partial charge in [0.1, 0.15) is 18.2 Å². The van der Waals surface area contributed by atoms with Gasteiger partial charge in [-0.3, -0.25) is 0 Å². The fourth-order valence-electron chi connectivity index (χ4n) is 5.74. The van der Waals surface area contributed by atoms with Crippen molar-refractivity contribution in [3.8, 4) is 44.6 Å². The van der Waals surface area contributed by atoms with E-state index in [1.165, 1.54) is 12.3 Å². The van der Waals surface area contributed by atoms with E-state index in [2.05, 4.69) is 60.7 Å². The van der Waals surface area contributed by atoms with Gasteiger partial charge in [0.25, 0.3) is 0 Å². The van der Waals surface area contributed by atoms with Gasteiger partial charge in [0.2, 0.25) is 5.69 Å². The van der Waals surface area contributed by atoms with E-state index in [1.54, 1.807) is 11.6 Å². The first-order valence-electron chi connectivity index (χ1n) is 16.7. The van der Waals surface area contributed by atoms with Crippen molar-refractivity contribution in [3.05, 3.63) is 138 Å². The van der Waals surface area contributed by atoms with E-state index in [4.69, 9.17) is 12.6 Å². The van der Waals surface area contributed by atoms with Crippen LogP contribution in [-0.2, 0) is 7.05 Å². The van der Waals surface area contributed by atoms with Crippen LogP contribution >= 0.6 is 0 Å². The maximum Gasteiger partial charge on any atom is 0.216 e. The molecule has 7 rings (SSSR count). The lowest BCUT2D eigenvalue weighted by Gasteiger charge is -2.09. The van der Waals surface area contributed by atoms with Gasteiger partial charge in [-0.15, -0.1) is 0 Å². The van der Waals surface area contributed by atoms with Crippen LogP contribution in [0.5, 0.6) is 0 Å². The summed E-state index contributed by atoms with van der Waals surface area (Å²) in [5.74, 6) is 0. The number of pyridine rings is 1. The van der Waals surface area contributed by atoms with Crippen molar-refractivity contribution in [2.24, 2.45) is 7.05 Å². The molecule has 0 unspecified atom stereocenters. The molecule has 0 fully saturated rings. The molecule has 2 heterocycles. The summed E-state index contributed by atoms with van der Waals surface area (Å²) in [6.07, 6.45) is 1.41. The van der Waals surface area contributed by atoms with E-state index in [0.717, 1.165) is 60.9 Å². The Kier molecular flexibility index (Phi) is 4.63. The number of furan rings is 1. The highest BCUT2D eigenvalue weighted by atomic mass is 16.3. The first-order valence-corrected chi connectivity index (χ1v) is 13.7. The van der Waals surface area contributed by atoms with Crippen LogP contribution in [0.15, 0.2) is 126 Å². The zero-order valence-electron chi connectivity index (χ0n) is 28.9. The largest absolute Gasteiger partial charge is 0.454 e. The normalized spacial score (nSPS) is 14.2. The van der Waals surface area contributed by atoms with Crippen LogP contribution in [0.3, 0.4) is 0 Å². The minimum absolute atomic E-state index is 0.188. The molecule has 0 aliphatic heterocycles. The minimum atomic E-state index is -2.62. The van der Waals surface area contributed by atoms with E-state index >= 15 is 0 Å². The molecule has 0 amide bonds. The Morgan fingerprint density at radius 3 is 1.88 bits per heavy atom. The van der Waals surface area contributed by atoms with Gasteiger partial charge in [0, 0.05) is 36.2 Å². The first-order chi connectivity index (χ1) is 22.4. The highest BCUT2D eigenvalue weighted by Crippen LogP contribution is 2.43. The van der Waals surface area contributed by atoms with Crippen LogP contribution in [0.1, 0.15) is 24.9 Å². The number of aryl methyl sites for hydroxylation is 4. The lowest BCUT2D eigenvalue weighted by molar-refractivity contribution is -0.660. The number of fused-ring (bicyclic) bond motifs is 3. The van der Waals surface area contributed by atoms with Crippen molar-refractivity contribution in [2.75, 3.05) is 0 Å². The third kappa shape index (κ3) is 4.33. The van der Waals surface area contributed by atoms with Crippen LogP contribution in [0.4, 0.5) is 0 Å². The molecular formula is C39H32NO+. The topological polar surface area (TPSA) is 17.0 Å². The fourth-order valence-corrected chi connectivity index (χ4v) is 5.74. The average Bonchev–Trinajstić information content (AvgIpc) is 3.43. The molecule has 7 aromatic rings. The monoisotopic (exact) mass is 536 g/mol. The Bertz CT molecular complexity index is 2270.